The zero-order chi connectivity index (χ0) is 12.3. The minimum absolute atomic E-state index is 0.293. The normalized spacial score (nSPS) is 10.0. The summed E-state index contributed by atoms with van der Waals surface area (Å²) in [5, 5.41) is 14.5. The highest BCUT2D eigenvalue weighted by Crippen LogP contribution is 2.15. The van der Waals surface area contributed by atoms with Crippen LogP contribution >= 0.6 is 11.3 Å². The van der Waals surface area contributed by atoms with Crippen LogP contribution in [-0.4, -0.2) is 28.1 Å². The molecule has 0 bridgehead atoms. The van der Waals surface area contributed by atoms with E-state index in [0.717, 1.165) is 10.7 Å². The smallest absolute Gasteiger partial charge is 0.276 e. The summed E-state index contributed by atoms with van der Waals surface area (Å²) in [6.07, 6.45) is 1.58. The highest BCUT2D eigenvalue weighted by molar-refractivity contribution is 7.15. The fourth-order valence-electron chi connectivity index (χ4n) is 1.22. The molecule has 0 radical (unpaired) electrons. The molecule has 0 saturated carbocycles. The number of aryl methyl sites for hydroxylation is 1. The van der Waals surface area contributed by atoms with Crippen molar-refractivity contribution in [3.05, 3.63) is 29.0 Å². The lowest BCUT2D eigenvalue weighted by atomic mass is 10.3. The number of hydrogen-bond acceptors (Lipinski definition) is 6. The second kappa shape index (κ2) is 4.88. The molecule has 0 aliphatic carbocycles. The number of amides is 1. The predicted molar refractivity (Wildman–Crippen MR) is 66.4 cm³/mol. The van der Waals surface area contributed by atoms with Crippen LogP contribution in [0.1, 0.15) is 15.5 Å². The number of pyridine rings is 1. The summed E-state index contributed by atoms with van der Waals surface area (Å²) in [7, 11) is 1.78. The quantitative estimate of drug-likeness (QED) is 0.862. The van der Waals surface area contributed by atoms with E-state index in [9.17, 15) is 4.79 Å². The van der Waals surface area contributed by atoms with Crippen LogP contribution in [0.4, 0.5) is 10.8 Å². The topological polar surface area (TPSA) is 79.8 Å². The highest BCUT2D eigenvalue weighted by Gasteiger charge is 2.10. The number of nitrogens with zero attached hydrogens (tertiary/aromatic N) is 3. The molecule has 0 atom stereocenters. The van der Waals surface area contributed by atoms with Gasteiger partial charge in [0.2, 0.25) is 5.13 Å². The van der Waals surface area contributed by atoms with E-state index < -0.39 is 0 Å². The molecule has 0 saturated heterocycles. The van der Waals surface area contributed by atoms with Crippen molar-refractivity contribution in [3.63, 3.8) is 0 Å². The Labute approximate surface area is 102 Å². The Morgan fingerprint density at radius 1 is 1.41 bits per heavy atom. The van der Waals surface area contributed by atoms with Gasteiger partial charge < -0.3 is 5.32 Å². The van der Waals surface area contributed by atoms with Crippen LogP contribution < -0.4 is 10.6 Å². The molecule has 2 aromatic rings. The van der Waals surface area contributed by atoms with Crippen LogP contribution in [0, 0.1) is 6.92 Å². The van der Waals surface area contributed by atoms with E-state index in [-0.39, 0.29) is 5.91 Å². The van der Waals surface area contributed by atoms with Crippen molar-refractivity contribution in [2.75, 3.05) is 17.7 Å². The van der Waals surface area contributed by atoms with Crippen molar-refractivity contribution in [2.24, 2.45) is 0 Å². The minimum Gasteiger partial charge on any atom is -0.388 e. The zero-order valence-electron chi connectivity index (χ0n) is 9.39. The fraction of sp³-hybridized carbons (Fsp3) is 0.200. The van der Waals surface area contributed by atoms with Crippen molar-refractivity contribution in [1.82, 2.24) is 15.2 Å². The molecule has 2 heterocycles. The molecule has 7 heteroatoms. The Hall–Kier alpha value is -2.02. The van der Waals surface area contributed by atoms with E-state index in [4.69, 9.17) is 0 Å². The largest absolute Gasteiger partial charge is 0.388 e. The van der Waals surface area contributed by atoms with Gasteiger partial charge in [-0.3, -0.25) is 15.1 Å². The van der Waals surface area contributed by atoms with Crippen molar-refractivity contribution < 1.29 is 4.79 Å². The third-order valence-electron chi connectivity index (χ3n) is 2.03. The van der Waals surface area contributed by atoms with Crippen molar-refractivity contribution in [3.8, 4) is 0 Å². The van der Waals surface area contributed by atoms with E-state index in [0.29, 0.717) is 10.8 Å². The SMILES string of the molecule is CNc1ccnc(C(=O)Nc2nnc(C)s2)c1. The predicted octanol–water partition coefficient (Wildman–Crippen LogP) is 1.54. The number of rotatable bonds is 3. The molecule has 0 aliphatic heterocycles. The standard InChI is InChI=1S/C10H11N5OS/c1-6-14-15-10(17-6)13-9(16)8-5-7(11-2)3-4-12-8/h3-5H,1-2H3,(H,11,12)(H,13,15,16). The number of carbonyl (C=O) groups excluding carboxylic acids is 1. The molecule has 17 heavy (non-hydrogen) atoms. The van der Waals surface area contributed by atoms with Gasteiger partial charge in [-0.15, -0.1) is 10.2 Å². The highest BCUT2D eigenvalue weighted by atomic mass is 32.1. The first kappa shape index (κ1) is 11.5. The van der Waals surface area contributed by atoms with E-state index in [2.05, 4.69) is 25.8 Å². The van der Waals surface area contributed by atoms with Gasteiger partial charge in [-0.1, -0.05) is 11.3 Å². The molecule has 0 aliphatic rings. The van der Waals surface area contributed by atoms with Crippen LogP contribution in [-0.2, 0) is 0 Å². The summed E-state index contributed by atoms with van der Waals surface area (Å²) in [5.41, 5.74) is 1.17. The van der Waals surface area contributed by atoms with E-state index in [1.165, 1.54) is 11.3 Å². The molecular formula is C10H11N5OS. The maximum absolute atomic E-state index is 11.8. The van der Waals surface area contributed by atoms with Gasteiger partial charge in [-0.05, 0) is 19.1 Å². The number of carbonyl (C=O) groups is 1. The summed E-state index contributed by atoms with van der Waals surface area (Å²) in [4.78, 5) is 15.8. The lowest BCUT2D eigenvalue weighted by Crippen LogP contribution is -2.13. The molecule has 6 nitrogen and oxygen atoms in total. The Kier molecular flexibility index (Phi) is 3.29. The first-order valence-electron chi connectivity index (χ1n) is 4.94. The number of hydrogen-bond donors (Lipinski definition) is 2. The van der Waals surface area contributed by atoms with Crippen molar-refractivity contribution in [1.29, 1.82) is 0 Å². The minimum atomic E-state index is -0.293. The third-order valence-corrected chi connectivity index (χ3v) is 2.78. The van der Waals surface area contributed by atoms with E-state index in [1.807, 2.05) is 6.92 Å². The fourth-order valence-corrected chi connectivity index (χ4v) is 1.81. The lowest BCUT2D eigenvalue weighted by Gasteiger charge is -2.03. The average molecular weight is 249 g/mol. The Bertz CT molecular complexity index is 539. The average Bonchev–Trinajstić information content (AvgIpc) is 2.75. The van der Waals surface area contributed by atoms with E-state index >= 15 is 0 Å². The number of nitrogens with one attached hydrogen (secondary N) is 2. The summed E-state index contributed by atoms with van der Waals surface area (Å²) < 4.78 is 0. The summed E-state index contributed by atoms with van der Waals surface area (Å²) in [5.74, 6) is -0.293. The summed E-state index contributed by atoms with van der Waals surface area (Å²) >= 11 is 1.32. The van der Waals surface area contributed by atoms with Crippen LogP contribution in [0.15, 0.2) is 18.3 Å². The van der Waals surface area contributed by atoms with Gasteiger partial charge >= 0.3 is 0 Å². The van der Waals surface area contributed by atoms with Gasteiger partial charge in [0.05, 0.1) is 0 Å². The maximum Gasteiger partial charge on any atom is 0.276 e. The van der Waals surface area contributed by atoms with Crippen LogP contribution in [0.3, 0.4) is 0 Å². The van der Waals surface area contributed by atoms with Crippen molar-refractivity contribution >= 4 is 28.1 Å². The van der Waals surface area contributed by atoms with Gasteiger partial charge in [-0.2, -0.15) is 0 Å². The molecule has 0 aromatic carbocycles. The van der Waals surface area contributed by atoms with Crippen molar-refractivity contribution in [2.45, 2.75) is 6.92 Å². The molecule has 2 rings (SSSR count). The Morgan fingerprint density at radius 3 is 2.88 bits per heavy atom. The molecule has 2 N–H and O–H groups in total. The van der Waals surface area contributed by atoms with Gasteiger partial charge in [-0.25, -0.2) is 0 Å². The Morgan fingerprint density at radius 2 is 2.24 bits per heavy atom. The second-order valence-electron chi connectivity index (χ2n) is 3.26. The van der Waals surface area contributed by atoms with Crippen LogP contribution in [0.25, 0.3) is 0 Å². The maximum atomic E-state index is 11.8. The first-order chi connectivity index (χ1) is 8.19. The van der Waals surface area contributed by atoms with Gasteiger partial charge in [0.15, 0.2) is 0 Å². The molecule has 2 aromatic heterocycles. The monoisotopic (exact) mass is 249 g/mol. The van der Waals surface area contributed by atoms with Gasteiger partial charge in [0, 0.05) is 18.9 Å². The lowest BCUT2D eigenvalue weighted by molar-refractivity contribution is 0.102. The summed E-state index contributed by atoms with van der Waals surface area (Å²) in [6.45, 7) is 1.83. The zero-order valence-corrected chi connectivity index (χ0v) is 10.2. The molecule has 0 unspecified atom stereocenters. The first-order valence-corrected chi connectivity index (χ1v) is 5.76. The van der Waals surface area contributed by atoms with Gasteiger partial charge in [0.1, 0.15) is 10.7 Å². The number of anilines is 2. The van der Waals surface area contributed by atoms with Crippen LogP contribution in [0.2, 0.25) is 0 Å². The molecule has 0 fully saturated rings. The molecule has 0 spiro atoms. The molecule has 1 amide bonds. The molecular weight excluding hydrogens is 238 g/mol. The third kappa shape index (κ3) is 2.76. The van der Waals surface area contributed by atoms with Gasteiger partial charge in [0.25, 0.3) is 5.91 Å². The molecule has 88 valence electrons. The van der Waals surface area contributed by atoms with E-state index in [1.54, 1.807) is 25.4 Å². The second-order valence-corrected chi connectivity index (χ2v) is 4.44. The number of aromatic nitrogens is 3. The summed E-state index contributed by atoms with van der Waals surface area (Å²) in [6, 6.07) is 3.45. The Balaban J connectivity index is 2.14. The van der Waals surface area contributed by atoms with Crippen LogP contribution in [0.5, 0.6) is 0 Å².